The van der Waals surface area contributed by atoms with E-state index in [1.165, 1.54) is 42.6 Å². The Bertz CT molecular complexity index is 1650. The monoisotopic (exact) mass is 528 g/mol. The number of rotatable bonds is 8. The minimum absolute atomic E-state index is 0.112. The van der Waals surface area contributed by atoms with Crippen molar-refractivity contribution in [3.05, 3.63) is 93.5 Å². The zero-order valence-corrected chi connectivity index (χ0v) is 20.5. The normalized spacial score (nSPS) is 13.9. The molecule has 192 valence electrons. The fourth-order valence-corrected chi connectivity index (χ4v) is 5.48. The van der Waals surface area contributed by atoms with Crippen molar-refractivity contribution in [3.8, 4) is 11.6 Å². The van der Waals surface area contributed by atoms with Gasteiger partial charge in [-0.25, -0.2) is 27.0 Å². The second-order valence-electron chi connectivity index (χ2n) is 8.79. The van der Waals surface area contributed by atoms with Crippen LogP contribution in [0, 0.1) is 24.5 Å². The molecule has 0 aliphatic carbocycles. The zero-order valence-electron chi connectivity index (χ0n) is 19.7. The third kappa shape index (κ3) is 5.32. The van der Waals surface area contributed by atoms with Crippen molar-refractivity contribution in [2.75, 3.05) is 23.7 Å². The topological polar surface area (TPSA) is 108 Å². The molecule has 2 aromatic heterocycles. The van der Waals surface area contributed by atoms with Gasteiger partial charge in [-0.3, -0.25) is 4.72 Å². The van der Waals surface area contributed by atoms with Crippen LogP contribution in [0.25, 0.3) is 11.0 Å². The first-order chi connectivity index (χ1) is 17.7. The van der Waals surface area contributed by atoms with Crippen LogP contribution in [0.15, 0.2) is 63.9 Å². The molecule has 0 atom stereocenters. The van der Waals surface area contributed by atoms with Gasteiger partial charge in [0.25, 0.3) is 5.88 Å². The Balaban J connectivity index is 1.41. The molecule has 0 saturated carbocycles. The van der Waals surface area contributed by atoms with Crippen molar-refractivity contribution in [2.45, 2.75) is 13.3 Å². The summed E-state index contributed by atoms with van der Waals surface area (Å²) in [5, 5.41) is 0.587. The summed E-state index contributed by atoms with van der Waals surface area (Å²) in [6, 6.07) is 11.7. The number of aromatic nitrogens is 1. The molecule has 1 fully saturated rings. The fourth-order valence-electron chi connectivity index (χ4n) is 4.09. The lowest BCUT2D eigenvalue weighted by Crippen LogP contribution is -2.36. The summed E-state index contributed by atoms with van der Waals surface area (Å²) < 4.78 is 72.2. The van der Waals surface area contributed by atoms with Crippen LogP contribution in [0.2, 0.25) is 0 Å². The predicted molar refractivity (Wildman–Crippen MR) is 132 cm³/mol. The van der Waals surface area contributed by atoms with Crippen molar-refractivity contribution in [1.29, 1.82) is 0 Å². The van der Waals surface area contributed by atoms with E-state index in [2.05, 4.69) is 9.71 Å². The molecule has 11 heteroatoms. The Morgan fingerprint density at radius 3 is 2.68 bits per heavy atom. The van der Waals surface area contributed by atoms with Crippen LogP contribution in [0.3, 0.4) is 0 Å². The number of benzene rings is 2. The van der Waals surface area contributed by atoms with Crippen LogP contribution in [-0.2, 0) is 21.2 Å². The van der Waals surface area contributed by atoms with E-state index in [0.29, 0.717) is 24.2 Å². The Kier molecular flexibility index (Phi) is 6.65. The lowest BCUT2D eigenvalue weighted by atomic mass is 9.99. The minimum Gasteiger partial charge on any atom is -0.436 e. The van der Waals surface area contributed by atoms with Gasteiger partial charge in [-0.1, -0.05) is 12.1 Å². The van der Waals surface area contributed by atoms with Gasteiger partial charge < -0.3 is 13.9 Å². The van der Waals surface area contributed by atoms with Crippen LogP contribution in [0.4, 0.5) is 14.5 Å². The lowest BCUT2D eigenvalue weighted by molar-refractivity contribution is -0.0203. The van der Waals surface area contributed by atoms with Crippen LogP contribution >= 0.6 is 0 Å². The molecule has 0 unspecified atom stereocenters. The number of aryl methyl sites for hydroxylation is 1. The maximum absolute atomic E-state index is 15.3. The SMILES string of the molecule is Cc1c(Cc2cccc(NS(=O)(=O)CC3COC3)c2F)c(=O)oc2cc(Oc3ncccc3F)ccc12. The van der Waals surface area contributed by atoms with Gasteiger partial charge in [-0.05, 0) is 48.4 Å². The summed E-state index contributed by atoms with van der Waals surface area (Å²) in [7, 11) is -3.77. The quantitative estimate of drug-likeness (QED) is 0.335. The van der Waals surface area contributed by atoms with E-state index in [9.17, 15) is 17.6 Å². The number of halogens is 2. The molecular formula is C26H22F2N2O6S. The average molecular weight is 529 g/mol. The minimum atomic E-state index is -3.77. The van der Waals surface area contributed by atoms with E-state index in [0.717, 1.165) is 0 Å². The summed E-state index contributed by atoms with van der Waals surface area (Å²) >= 11 is 0. The molecule has 1 aliphatic heterocycles. The number of ether oxygens (including phenoxy) is 2. The summed E-state index contributed by atoms with van der Waals surface area (Å²) in [6.07, 6.45) is 1.28. The van der Waals surface area contributed by atoms with E-state index >= 15 is 4.39 Å². The first-order valence-electron chi connectivity index (χ1n) is 11.4. The van der Waals surface area contributed by atoms with Crippen LogP contribution in [0.5, 0.6) is 11.6 Å². The van der Waals surface area contributed by atoms with Gasteiger partial charge in [-0.15, -0.1) is 0 Å². The Hall–Kier alpha value is -3.83. The second kappa shape index (κ2) is 9.91. The van der Waals surface area contributed by atoms with Crippen molar-refractivity contribution in [3.63, 3.8) is 0 Å². The third-order valence-corrected chi connectivity index (χ3v) is 7.51. The van der Waals surface area contributed by atoms with Gasteiger partial charge in [0.05, 0.1) is 24.7 Å². The molecule has 5 rings (SSSR count). The molecule has 1 saturated heterocycles. The molecule has 37 heavy (non-hydrogen) atoms. The number of sulfonamides is 1. The number of anilines is 1. The highest BCUT2D eigenvalue weighted by Crippen LogP contribution is 2.29. The largest absolute Gasteiger partial charge is 0.436 e. The van der Waals surface area contributed by atoms with Gasteiger partial charge in [0, 0.05) is 35.6 Å². The lowest BCUT2D eigenvalue weighted by Gasteiger charge is -2.25. The predicted octanol–water partition coefficient (Wildman–Crippen LogP) is 4.55. The van der Waals surface area contributed by atoms with E-state index in [4.69, 9.17) is 13.9 Å². The number of pyridine rings is 1. The Morgan fingerprint density at radius 2 is 1.95 bits per heavy atom. The van der Waals surface area contributed by atoms with Crippen molar-refractivity contribution < 1.29 is 31.1 Å². The molecule has 0 amide bonds. The highest BCUT2D eigenvalue weighted by molar-refractivity contribution is 7.92. The summed E-state index contributed by atoms with van der Waals surface area (Å²) in [5.41, 5.74) is 0.264. The molecule has 1 N–H and O–H groups in total. The summed E-state index contributed by atoms with van der Waals surface area (Å²) in [4.78, 5) is 16.7. The van der Waals surface area contributed by atoms with Crippen molar-refractivity contribution >= 4 is 26.7 Å². The van der Waals surface area contributed by atoms with E-state index in [-0.39, 0.29) is 52.1 Å². The van der Waals surface area contributed by atoms with Gasteiger partial charge >= 0.3 is 5.63 Å². The molecule has 0 spiro atoms. The molecular weight excluding hydrogens is 506 g/mol. The van der Waals surface area contributed by atoms with Gasteiger partial charge in [-0.2, -0.15) is 0 Å². The van der Waals surface area contributed by atoms with Crippen LogP contribution < -0.4 is 15.1 Å². The van der Waals surface area contributed by atoms with Crippen molar-refractivity contribution in [2.24, 2.45) is 5.92 Å². The second-order valence-corrected chi connectivity index (χ2v) is 10.6. The van der Waals surface area contributed by atoms with E-state index in [1.54, 1.807) is 19.1 Å². The molecule has 0 bridgehead atoms. The number of hydrogen-bond acceptors (Lipinski definition) is 7. The molecule has 1 aliphatic rings. The molecule has 0 radical (unpaired) electrons. The van der Waals surface area contributed by atoms with Gasteiger partial charge in [0.15, 0.2) is 11.6 Å². The average Bonchev–Trinajstić information content (AvgIpc) is 2.83. The van der Waals surface area contributed by atoms with E-state index < -0.39 is 27.3 Å². The number of nitrogens with zero attached hydrogens (tertiary/aromatic N) is 1. The maximum Gasteiger partial charge on any atom is 0.340 e. The Labute approximate surface area is 210 Å². The van der Waals surface area contributed by atoms with E-state index in [1.807, 2.05) is 0 Å². The van der Waals surface area contributed by atoms with Crippen LogP contribution in [-0.4, -0.2) is 32.4 Å². The first kappa shape index (κ1) is 24.8. The Morgan fingerprint density at radius 1 is 1.14 bits per heavy atom. The fraction of sp³-hybridized carbons (Fsp3) is 0.231. The summed E-state index contributed by atoms with van der Waals surface area (Å²) in [5.74, 6) is -1.69. The smallest absolute Gasteiger partial charge is 0.340 e. The number of nitrogens with one attached hydrogen (secondary N) is 1. The third-order valence-electron chi connectivity index (χ3n) is 6.07. The first-order valence-corrected chi connectivity index (χ1v) is 13.1. The highest BCUT2D eigenvalue weighted by Gasteiger charge is 2.26. The number of hydrogen-bond donors (Lipinski definition) is 1. The van der Waals surface area contributed by atoms with Gasteiger partial charge in [0.2, 0.25) is 10.0 Å². The standard InChI is InChI=1S/C26H22F2N2O6S/c1-15-19-8-7-18(35-25-21(27)5-3-9-29-25)11-23(19)36-26(31)20(15)10-17-4-2-6-22(24(17)28)30-37(32,33)14-16-12-34-13-16/h2-9,11,16,30H,10,12-14H2,1H3. The summed E-state index contributed by atoms with van der Waals surface area (Å²) in [6.45, 7) is 2.42. The zero-order chi connectivity index (χ0) is 26.2. The molecule has 3 heterocycles. The maximum atomic E-state index is 15.3. The highest BCUT2D eigenvalue weighted by atomic mass is 32.2. The number of fused-ring (bicyclic) bond motifs is 1. The van der Waals surface area contributed by atoms with Gasteiger partial charge in [0.1, 0.15) is 11.3 Å². The van der Waals surface area contributed by atoms with Crippen LogP contribution in [0.1, 0.15) is 16.7 Å². The molecule has 8 nitrogen and oxygen atoms in total. The molecule has 4 aromatic rings. The van der Waals surface area contributed by atoms with Crippen molar-refractivity contribution in [1.82, 2.24) is 4.98 Å². The molecule has 2 aromatic carbocycles.